The number of hydrogen-bond acceptors (Lipinski definition) is 4. The van der Waals surface area contributed by atoms with Gasteiger partial charge in [0, 0.05) is 28.4 Å². The molecule has 0 spiro atoms. The Balaban J connectivity index is 1.60. The second-order valence-electron chi connectivity index (χ2n) is 7.61. The molecule has 1 aliphatic carbocycles. The molecule has 3 aromatic rings. The van der Waals surface area contributed by atoms with Gasteiger partial charge in [-0.1, -0.05) is 30.2 Å². The van der Waals surface area contributed by atoms with Crippen LogP contribution in [0, 0.1) is 0 Å². The molecule has 1 aliphatic rings. The molecule has 0 unspecified atom stereocenters. The highest BCUT2D eigenvalue weighted by atomic mass is 35.5. The van der Waals surface area contributed by atoms with Crippen molar-refractivity contribution in [1.29, 1.82) is 0 Å². The Morgan fingerprint density at radius 1 is 1.07 bits per heavy atom. The van der Waals surface area contributed by atoms with Crippen molar-refractivity contribution < 1.29 is 19.0 Å². The van der Waals surface area contributed by atoms with Gasteiger partial charge in [0.15, 0.2) is 11.5 Å². The smallest absolute Gasteiger partial charge is 0.267 e. The molecule has 1 fully saturated rings. The standard InChI is InChI=1S/C23H25ClN2O4/c1-28-18-12-19(29-2)21(30-3)20-16(18)11-17(26-20)22(27)25-13-23(9-4-10-23)14-5-7-15(24)8-6-14/h5-8,11-12,26H,4,9-10,13H2,1-3H3,(H,25,27). The maximum Gasteiger partial charge on any atom is 0.267 e. The fourth-order valence-electron chi connectivity index (χ4n) is 4.18. The lowest BCUT2D eigenvalue weighted by molar-refractivity contribution is 0.0923. The first-order valence-electron chi connectivity index (χ1n) is 9.87. The van der Waals surface area contributed by atoms with Gasteiger partial charge in [-0.25, -0.2) is 0 Å². The Bertz CT molecular complexity index is 1070. The molecule has 2 aromatic carbocycles. The molecule has 0 aliphatic heterocycles. The molecule has 7 heteroatoms. The number of benzene rings is 2. The van der Waals surface area contributed by atoms with Gasteiger partial charge in [-0.15, -0.1) is 0 Å². The second kappa shape index (κ2) is 8.11. The van der Waals surface area contributed by atoms with Crippen LogP contribution in [-0.4, -0.2) is 38.8 Å². The van der Waals surface area contributed by atoms with E-state index in [1.54, 1.807) is 33.5 Å². The van der Waals surface area contributed by atoms with Crippen LogP contribution < -0.4 is 19.5 Å². The minimum absolute atomic E-state index is 0.0368. The molecule has 0 bridgehead atoms. The Labute approximate surface area is 180 Å². The van der Waals surface area contributed by atoms with Gasteiger partial charge in [0.2, 0.25) is 0 Å². The number of halogens is 1. The molecule has 0 radical (unpaired) electrons. The van der Waals surface area contributed by atoms with Crippen molar-refractivity contribution in [1.82, 2.24) is 10.3 Å². The maximum absolute atomic E-state index is 13.0. The van der Waals surface area contributed by atoms with E-state index in [4.69, 9.17) is 25.8 Å². The Morgan fingerprint density at radius 2 is 1.77 bits per heavy atom. The maximum atomic E-state index is 13.0. The van der Waals surface area contributed by atoms with Crippen molar-refractivity contribution in [3.05, 3.63) is 52.7 Å². The topological polar surface area (TPSA) is 72.6 Å². The zero-order valence-electron chi connectivity index (χ0n) is 17.3. The van der Waals surface area contributed by atoms with E-state index in [0.717, 1.165) is 24.6 Å². The summed E-state index contributed by atoms with van der Waals surface area (Å²) in [7, 11) is 4.71. The number of aromatic nitrogens is 1. The zero-order valence-corrected chi connectivity index (χ0v) is 18.1. The van der Waals surface area contributed by atoms with Gasteiger partial charge in [0.25, 0.3) is 5.91 Å². The summed E-state index contributed by atoms with van der Waals surface area (Å²) in [5, 5.41) is 4.58. The summed E-state index contributed by atoms with van der Waals surface area (Å²) in [5.41, 5.74) is 2.28. The van der Waals surface area contributed by atoms with Crippen LogP contribution in [0.1, 0.15) is 35.3 Å². The quantitative estimate of drug-likeness (QED) is 0.572. The fourth-order valence-corrected chi connectivity index (χ4v) is 4.30. The molecule has 1 amide bonds. The van der Waals surface area contributed by atoms with Gasteiger partial charge >= 0.3 is 0 Å². The van der Waals surface area contributed by atoms with Gasteiger partial charge in [0.1, 0.15) is 11.4 Å². The molecular weight excluding hydrogens is 404 g/mol. The molecule has 2 N–H and O–H groups in total. The number of amides is 1. The highest BCUT2D eigenvalue weighted by Gasteiger charge is 2.39. The van der Waals surface area contributed by atoms with Crippen molar-refractivity contribution in [2.24, 2.45) is 0 Å². The number of rotatable bonds is 7. The van der Waals surface area contributed by atoms with E-state index in [1.165, 1.54) is 5.56 Å². The highest BCUT2D eigenvalue weighted by molar-refractivity contribution is 6.30. The summed E-state index contributed by atoms with van der Waals surface area (Å²) in [6, 6.07) is 11.4. The number of ether oxygens (including phenoxy) is 3. The van der Waals surface area contributed by atoms with E-state index in [-0.39, 0.29) is 11.3 Å². The van der Waals surface area contributed by atoms with Crippen LogP contribution in [0.3, 0.4) is 0 Å². The van der Waals surface area contributed by atoms with Crippen molar-refractivity contribution >= 4 is 28.4 Å². The van der Waals surface area contributed by atoms with Gasteiger partial charge in [0.05, 0.1) is 26.8 Å². The molecular formula is C23H25ClN2O4. The average Bonchev–Trinajstić information content (AvgIpc) is 3.18. The van der Waals surface area contributed by atoms with Gasteiger partial charge in [-0.3, -0.25) is 4.79 Å². The van der Waals surface area contributed by atoms with E-state index < -0.39 is 0 Å². The number of fused-ring (bicyclic) bond motifs is 1. The monoisotopic (exact) mass is 428 g/mol. The summed E-state index contributed by atoms with van der Waals surface area (Å²) in [6.45, 7) is 0.570. The minimum atomic E-state index is -0.172. The largest absolute Gasteiger partial charge is 0.496 e. The SMILES string of the molecule is COc1cc(OC)c2cc(C(=O)NCC3(c4ccc(Cl)cc4)CCC3)[nH]c2c1OC. The van der Waals surface area contributed by atoms with Crippen molar-refractivity contribution in [3.63, 3.8) is 0 Å². The van der Waals surface area contributed by atoms with Crippen molar-refractivity contribution in [2.75, 3.05) is 27.9 Å². The van der Waals surface area contributed by atoms with Crippen molar-refractivity contribution in [2.45, 2.75) is 24.7 Å². The molecule has 6 nitrogen and oxygen atoms in total. The van der Waals surface area contributed by atoms with E-state index >= 15 is 0 Å². The van der Waals surface area contributed by atoms with E-state index in [1.807, 2.05) is 12.1 Å². The van der Waals surface area contributed by atoms with Gasteiger partial charge in [-0.2, -0.15) is 0 Å². The number of carbonyl (C=O) groups excluding carboxylic acids is 1. The van der Waals surface area contributed by atoms with Crippen LogP contribution in [0.2, 0.25) is 5.02 Å². The molecule has 1 heterocycles. The summed E-state index contributed by atoms with van der Waals surface area (Å²) in [4.78, 5) is 16.1. The average molecular weight is 429 g/mol. The third-order valence-electron chi connectivity index (χ3n) is 6.04. The lowest BCUT2D eigenvalue weighted by Crippen LogP contribution is -2.45. The number of hydrogen-bond donors (Lipinski definition) is 2. The predicted octanol–water partition coefficient (Wildman–Crippen LogP) is 4.70. The number of nitrogens with one attached hydrogen (secondary N) is 2. The fraction of sp³-hybridized carbons (Fsp3) is 0.348. The Morgan fingerprint density at radius 3 is 2.33 bits per heavy atom. The van der Waals surface area contributed by atoms with Crippen LogP contribution in [-0.2, 0) is 5.41 Å². The number of aromatic amines is 1. The number of methoxy groups -OCH3 is 3. The summed E-state index contributed by atoms with van der Waals surface area (Å²) in [5.74, 6) is 1.50. The lowest BCUT2D eigenvalue weighted by atomic mass is 9.64. The third kappa shape index (κ3) is 3.45. The van der Waals surface area contributed by atoms with E-state index in [9.17, 15) is 4.79 Å². The lowest BCUT2D eigenvalue weighted by Gasteiger charge is -2.42. The molecule has 30 heavy (non-hydrogen) atoms. The first kappa shape index (κ1) is 20.4. The van der Waals surface area contributed by atoms with E-state index in [2.05, 4.69) is 22.4 Å². The molecule has 0 atom stereocenters. The molecule has 4 rings (SSSR count). The van der Waals surface area contributed by atoms with Crippen molar-refractivity contribution in [3.8, 4) is 17.2 Å². The first-order valence-corrected chi connectivity index (χ1v) is 10.2. The molecule has 1 saturated carbocycles. The molecule has 0 saturated heterocycles. The molecule has 1 aromatic heterocycles. The van der Waals surface area contributed by atoms with Crippen LogP contribution in [0.15, 0.2) is 36.4 Å². The number of carbonyl (C=O) groups is 1. The van der Waals surface area contributed by atoms with Crippen LogP contribution in [0.5, 0.6) is 17.2 Å². The number of H-pyrrole nitrogens is 1. The summed E-state index contributed by atoms with van der Waals surface area (Å²) < 4.78 is 16.4. The Kier molecular flexibility index (Phi) is 5.52. The predicted molar refractivity (Wildman–Crippen MR) is 117 cm³/mol. The minimum Gasteiger partial charge on any atom is -0.496 e. The van der Waals surface area contributed by atoms with Gasteiger partial charge in [-0.05, 0) is 36.6 Å². The van der Waals surface area contributed by atoms with Crippen LogP contribution in [0.25, 0.3) is 10.9 Å². The normalized spacial score (nSPS) is 14.8. The summed E-state index contributed by atoms with van der Waals surface area (Å²) in [6.07, 6.45) is 3.24. The van der Waals surface area contributed by atoms with Crippen LogP contribution >= 0.6 is 11.6 Å². The van der Waals surface area contributed by atoms with Gasteiger partial charge < -0.3 is 24.5 Å². The zero-order chi connectivity index (χ0) is 21.3. The highest BCUT2D eigenvalue weighted by Crippen LogP contribution is 2.44. The summed E-state index contributed by atoms with van der Waals surface area (Å²) >= 11 is 6.04. The van der Waals surface area contributed by atoms with Crippen LogP contribution in [0.4, 0.5) is 0 Å². The van der Waals surface area contributed by atoms with E-state index in [0.29, 0.717) is 40.0 Å². The molecule has 158 valence electrons. The Hall–Kier alpha value is -2.86. The third-order valence-corrected chi connectivity index (χ3v) is 6.29. The first-order chi connectivity index (χ1) is 14.5. The second-order valence-corrected chi connectivity index (χ2v) is 8.05.